The molecule has 0 radical (unpaired) electrons. The van der Waals surface area contributed by atoms with Crippen LogP contribution in [-0.4, -0.2) is 34.8 Å². The second-order valence-corrected chi connectivity index (χ2v) is 6.96. The molecule has 114 valence electrons. The van der Waals surface area contributed by atoms with E-state index in [0.29, 0.717) is 31.3 Å². The zero-order chi connectivity index (χ0) is 14.8. The van der Waals surface area contributed by atoms with E-state index in [2.05, 4.69) is 19.2 Å². The van der Waals surface area contributed by atoms with Crippen LogP contribution in [0.5, 0.6) is 0 Å². The largest absolute Gasteiger partial charge is 0.351 e. The number of carbonyl (C=O) groups excluding carboxylic acids is 2. The highest BCUT2D eigenvalue weighted by molar-refractivity contribution is 5.94. The molecule has 0 spiro atoms. The molecular weight excluding hydrogens is 252 g/mol. The van der Waals surface area contributed by atoms with Gasteiger partial charge in [-0.15, -0.1) is 0 Å². The van der Waals surface area contributed by atoms with Gasteiger partial charge in [0.2, 0.25) is 11.8 Å². The number of carbonyl (C=O) groups is 2. The lowest BCUT2D eigenvalue weighted by Crippen LogP contribution is -2.56. The highest BCUT2D eigenvalue weighted by Crippen LogP contribution is 2.31. The van der Waals surface area contributed by atoms with Crippen molar-refractivity contribution < 1.29 is 9.59 Å². The van der Waals surface area contributed by atoms with Gasteiger partial charge in [0.25, 0.3) is 0 Å². The van der Waals surface area contributed by atoms with Crippen LogP contribution in [-0.2, 0) is 9.59 Å². The molecule has 4 heteroatoms. The van der Waals surface area contributed by atoms with Crippen LogP contribution in [0.4, 0.5) is 0 Å². The number of nitrogens with one attached hydrogen (secondary N) is 1. The van der Waals surface area contributed by atoms with Gasteiger partial charge in [-0.1, -0.05) is 26.7 Å². The molecule has 1 heterocycles. The Kier molecular flexibility index (Phi) is 4.71. The van der Waals surface area contributed by atoms with Crippen molar-refractivity contribution in [2.45, 2.75) is 77.3 Å². The summed E-state index contributed by atoms with van der Waals surface area (Å²) in [6.07, 6.45) is 6.70. The van der Waals surface area contributed by atoms with Crippen LogP contribution in [0, 0.1) is 5.92 Å². The number of hydrogen-bond acceptors (Lipinski definition) is 2. The van der Waals surface area contributed by atoms with Gasteiger partial charge in [-0.3, -0.25) is 9.59 Å². The molecule has 2 fully saturated rings. The fraction of sp³-hybridized carbons (Fsp3) is 0.875. The lowest BCUT2D eigenvalue weighted by molar-refractivity contribution is -0.141. The maximum Gasteiger partial charge on any atom is 0.245 e. The Bertz CT molecular complexity index is 375. The molecule has 1 atom stereocenters. The van der Waals surface area contributed by atoms with Crippen molar-refractivity contribution in [3.05, 3.63) is 0 Å². The summed E-state index contributed by atoms with van der Waals surface area (Å²) in [6, 6.07) is 0.321. The summed E-state index contributed by atoms with van der Waals surface area (Å²) in [5, 5.41) is 3.17. The lowest BCUT2D eigenvalue weighted by atomic mass is 9.96. The Labute approximate surface area is 122 Å². The second-order valence-electron chi connectivity index (χ2n) is 6.96. The third kappa shape index (κ3) is 3.15. The van der Waals surface area contributed by atoms with Gasteiger partial charge < -0.3 is 10.2 Å². The smallest absolute Gasteiger partial charge is 0.245 e. The van der Waals surface area contributed by atoms with Crippen LogP contribution in [0.2, 0.25) is 0 Å². The molecule has 2 rings (SSSR count). The predicted octanol–water partition coefficient (Wildman–Crippen LogP) is 2.47. The van der Waals surface area contributed by atoms with E-state index in [1.54, 1.807) is 0 Å². The fourth-order valence-electron chi connectivity index (χ4n) is 3.30. The first-order valence-corrected chi connectivity index (χ1v) is 8.05. The molecule has 0 aromatic rings. The highest BCUT2D eigenvalue weighted by atomic mass is 16.2. The summed E-state index contributed by atoms with van der Waals surface area (Å²) in [4.78, 5) is 26.5. The van der Waals surface area contributed by atoms with Crippen molar-refractivity contribution in [3.8, 4) is 0 Å². The number of hydrogen-bond donors (Lipinski definition) is 1. The van der Waals surface area contributed by atoms with Gasteiger partial charge in [-0.05, 0) is 38.5 Å². The fourth-order valence-corrected chi connectivity index (χ4v) is 3.30. The Morgan fingerprint density at radius 1 is 1.40 bits per heavy atom. The highest BCUT2D eigenvalue weighted by Gasteiger charge is 2.47. The van der Waals surface area contributed by atoms with Crippen LogP contribution in [0.1, 0.15) is 65.7 Å². The molecule has 0 bridgehead atoms. The number of nitrogens with zero attached hydrogens (tertiary/aromatic N) is 1. The average Bonchev–Trinajstić information content (AvgIpc) is 2.97. The monoisotopic (exact) mass is 280 g/mol. The molecule has 1 aliphatic carbocycles. The number of likely N-dealkylation sites (tertiary alicyclic amines) is 1. The van der Waals surface area contributed by atoms with E-state index in [1.807, 2.05) is 11.8 Å². The zero-order valence-electron chi connectivity index (χ0n) is 13.1. The number of rotatable bonds is 5. The first kappa shape index (κ1) is 15.3. The van der Waals surface area contributed by atoms with Crippen molar-refractivity contribution in [2.75, 3.05) is 6.54 Å². The molecule has 2 aliphatic rings. The van der Waals surface area contributed by atoms with Crippen LogP contribution in [0.3, 0.4) is 0 Å². The van der Waals surface area contributed by atoms with E-state index in [9.17, 15) is 9.59 Å². The van der Waals surface area contributed by atoms with E-state index >= 15 is 0 Å². The molecule has 1 aliphatic heterocycles. The van der Waals surface area contributed by atoms with Crippen molar-refractivity contribution in [1.82, 2.24) is 10.2 Å². The van der Waals surface area contributed by atoms with Crippen molar-refractivity contribution in [1.29, 1.82) is 0 Å². The van der Waals surface area contributed by atoms with Gasteiger partial charge in [-0.25, -0.2) is 0 Å². The topological polar surface area (TPSA) is 49.4 Å². The molecule has 4 nitrogen and oxygen atoms in total. The Morgan fingerprint density at radius 2 is 2.05 bits per heavy atom. The van der Waals surface area contributed by atoms with Crippen LogP contribution in [0.25, 0.3) is 0 Å². The summed E-state index contributed by atoms with van der Waals surface area (Å²) < 4.78 is 0. The second kappa shape index (κ2) is 6.15. The molecule has 1 N–H and O–H groups in total. The van der Waals surface area contributed by atoms with E-state index in [-0.39, 0.29) is 11.8 Å². The van der Waals surface area contributed by atoms with Crippen molar-refractivity contribution in [2.24, 2.45) is 5.92 Å². The zero-order valence-corrected chi connectivity index (χ0v) is 13.1. The van der Waals surface area contributed by atoms with Gasteiger partial charge in [-0.2, -0.15) is 0 Å². The average molecular weight is 280 g/mol. The molecule has 0 aromatic heterocycles. The first-order chi connectivity index (χ1) is 9.43. The Hall–Kier alpha value is -1.06. The van der Waals surface area contributed by atoms with E-state index in [0.717, 1.165) is 19.3 Å². The molecule has 20 heavy (non-hydrogen) atoms. The molecular formula is C16H28N2O2. The van der Waals surface area contributed by atoms with Gasteiger partial charge >= 0.3 is 0 Å². The molecule has 1 unspecified atom stereocenters. The maximum atomic E-state index is 12.6. The quantitative estimate of drug-likeness (QED) is 0.841. The predicted molar refractivity (Wildman–Crippen MR) is 79.2 cm³/mol. The minimum atomic E-state index is -0.630. The maximum absolute atomic E-state index is 12.6. The summed E-state index contributed by atoms with van der Waals surface area (Å²) >= 11 is 0. The van der Waals surface area contributed by atoms with Gasteiger partial charge in [0.1, 0.15) is 5.54 Å². The third-order valence-corrected chi connectivity index (χ3v) is 4.83. The summed E-state index contributed by atoms with van der Waals surface area (Å²) in [5.41, 5.74) is -0.630. The van der Waals surface area contributed by atoms with E-state index in [1.165, 1.54) is 12.8 Å². The molecule has 2 amide bonds. The van der Waals surface area contributed by atoms with Gasteiger partial charge in [0.05, 0.1) is 0 Å². The lowest BCUT2D eigenvalue weighted by Gasteiger charge is -2.35. The summed E-state index contributed by atoms with van der Waals surface area (Å²) in [5.74, 6) is 0.735. The number of amides is 2. The normalized spacial score (nSPS) is 27.6. The van der Waals surface area contributed by atoms with Crippen molar-refractivity contribution in [3.63, 3.8) is 0 Å². The summed E-state index contributed by atoms with van der Waals surface area (Å²) in [6.45, 7) is 6.93. The van der Waals surface area contributed by atoms with Gasteiger partial charge in [0.15, 0.2) is 0 Å². The van der Waals surface area contributed by atoms with E-state index < -0.39 is 5.54 Å². The Balaban J connectivity index is 2.01. The molecule has 1 saturated heterocycles. The standard InChI is InChI=1S/C16H28N2O2/c1-12(2)9-11-18-14(19)8-10-16(18,3)15(20)17-13-6-4-5-7-13/h12-13H,4-11H2,1-3H3,(H,17,20). The van der Waals surface area contributed by atoms with Crippen LogP contribution < -0.4 is 5.32 Å². The minimum absolute atomic E-state index is 0.0546. The van der Waals surface area contributed by atoms with Crippen LogP contribution >= 0.6 is 0 Å². The first-order valence-electron chi connectivity index (χ1n) is 8.05. The minimum Gasteiger partial charge on any atom is -0.351 e. The van der Waals surface area contributed by atoms with Crippen LogP contribution in [0.15, 0.2) is 0 Å². The van der Waals surface area contributed by atoms with E-state index in [4.69, 9.17) is 0 Å². The molecule has 1 saturated carbocycles. The third-order valence-electron chi connectivity index (χ3n) is 4.83. The Morgan fingerprint density at radius 3 is 2.65 bits per heavy atom. The SMILES string of the molecule is CC(C)CCN1C(=O)CCC1(C)C(=O)NC1CCCC1. The summed E-state index contributed by atoms with van der Waals surface area (Å²) in [7, 11) is 0. The molecule has 0 aromatic carbocycles. The van der Waals surface area contributed by atoms with Gasteiger partial charge in [0, 0.05) is 19.0 Å². The van der Waals surface area contributed by atoms with Crippen molar-refractivity contribution >= 4 is 11.8 Å².